The highest BCUT2D eigenvalue weighted by Crippen LogP contribution is 2.17. The van der Waals surface area contributed by atoms with E-state index in [4.69, 9.17) is 11.6 Å². The topological polar surface area (TPSA) is 49.4 Å². The molecule has 1 rings (SSSR count). The smallest absolute Gasteiger partial charge is 0.240 e. The number of carbonyl (C=O) groups excluding carboxylic acids is 2. The fourth-order valence-electron chi connectivity index (χ4n) is 2.11. The van der Waals surface area contributed by atoms with Crippen molar-refractivity contribution in [1.29, 1.82) is 0 Å². The van der Waals surface area contributed by atoms with Gasteiger partial charge in [-0.25, -0.2) is 0 Å². The van der Waals surface area contributed by atoms with Crippen LogP contribution in [0.3, 0.4) is 0 Å². The van der Waals surface area contributed by atoms with E-state index in [1.807, 2.05) is 52.0 Å². The monoisotopic (exact) mass is 324 g/mol. The van der Waals surface area contributed by atoms with E-state index in [2.05, 4.69) is 5.32 Å². The molecule has 22 heavy (non-hydrogen) atoms. The van der Waals surface area contributed by atoms with Crippen LogP contribution in [0.4, 0.5) is 0 Å². The van der Waals surface area contributed by atoms with Crippen LogP contribution in [0.15, 0.2) is 24.3 Å². The first kappa shape index (κ1) is 18.5. The summed E-state index contributed by atoms with van der Waals surface area (Å²) in [6, 6.07) is 7.50. The Bertz CT molecular complexity index is 524. The van der Waals surface area contributed by atoms with E-state index in [1.54, 1.807) is 4.90 Å². The Kier molecular flexibility index (Phi) is 6.88. The minimum absolute atomic E-state index is 0.0357. The third-order valence-corrected chi connectivity index (χ3v) is 3.52. The molecule has 1 aromatic rings. The van der Waals surface area contributed by atoms with Gasteiger partial charge in [-0.15, -0.1) is 0 Å². The number of likely N-dealkylation sites (N-methyl/N-ethyl adjacent to an activating group) is 1. The van der Waals surface area contributed by atoms with Crippen LogP contribution in [0.1, 0.15) is 39.7 Å². The number of aryl methyl sites for hydroxylation is 1. The van der Waals surface area contributed by atoms with Gasteiger partial charge in [0.2, 0.25) is 11.8 Å². The van der Waals surface area contributed by atoms with Gasteiger partial charge in [0.05, 0.1) is 6.54 Å². The van der Waals surface area contributed by atoms with Crippen LogP contribution in [-0.4, -0.2) is 35.3 Å². The van der Waals surface area contributed by atoms with Crippen LogP contribution in [-0.2, 0) is 16.0 Å². The van der Waals surface area contributed by atoms with Crippen molar-refractivity contribution in [3.63, 3.8) is 0 Å². The molecule has 1 N–H and O–H groups in total. The summed E-state index contributed by atoms with van der Waals surface area (Å²) in [5.74, 6) is -0.174. The Morgan fingerprint density at radius 1 is 1.23 bits per heavy atom. The molecule has 5 heteroatoms. The fraction of sp³-hybridized carbons (Fsp3) is 0.529. The third kappa shape index (κ3) is 6.48. The van der Waals surface area contributed by atoms with Gasteiger partial charge in [-0.1, -0.05) is 29.8 Å². The molecule has 0 heterocycles. The summed E-state index contributed by atoms with van der Waals surface area (Å²) >= 11 is 6.09. The molecule has 0 fully saturated rings. The second-order valence-corrected chi connectivity index (χ2v) is 6.70. The fourth-order valence-corrected chi connectivity index (χ4v) is 2.34. The molecule has 2 amide bonds. The maximum absolute atomic E-state index is 12.3. The number of nitrogens with one attached hydrogen (secondary N) is 1. The standard InChI is InChI=1S/C17H25ClN2O2/c1-5-20(12-15(21)19-17(2,3)4)16(22)11-10-13-8-6-7-9-14(13)18/h6-9H,5,10-12H2,1-4H3,(H,19,21). The number of benzene rings is 1. The summed E-state index contributed by atoms with van der Waals surface area (Å²) in [5.41, 5.74) is 0.657. The first-order chi connectivity index (χ1) is 10.2. The Hall–Kier alpha value is -1.55. The van der Waals surface area contributed by atoms with Crippen molar-refractivity contribution in [2.45, 2.75) is 46.1 Å². The van der Waals surface area contributed by atoms with Crippen LogP contribution >= 0.6 is 11.6 Å². The molecular formula is C17H25ClN2O2. The van der Waals surface area contributed by atoms with E-state index in [9.17, 15) is 9.59 Å². The third-order valence-electron chi connectivity index (χ3n) is 3.15. The minimum atomic E-state index is -0.295. The zero-order valence-electron chi connectivity index (χ0n) is 13.8. The van der Waals surface area contributed by atoms with Crippen LogP contribution in [0.25, 0.3) is 0 Å². The molecule has 1 aromatic carbocycles. The second kappa shape index (κ2) is 8.18. The van der Waals surface area contributed by atoms with Gasteiger partial charge < -0.3 is 10.2 Å². The molecule has 122 valence electrons. The molecule has 0 spiro atoms. The van der Waals surface area contributed by atoms with Gasteiger partial charge in [-0.3, -0.25) is 9.59 Å². The van der Waals surface area contributed by atoms with Crippen molar-refractivity contribution in [3.8, 4) is 0 Å². The summed E-state index contributed by atoms with van der Waals surface area (Å²) < 4.78 is 0. The summed E-state index contributed by atoms with van der Waals surface area (Å²) in [4.78, 5) is 25.8. The normalized spacial score (nSPS) is 11.1. The number of nitrogens with zero attached hydrogens (tertiary/aromatic N) is 1. The second-order valence-electron chi connectivity index (χ2n) is 6.30. The quantitative estimate of drug-likeness (QED) is 0.874. The minimum Gasteiger partial charge on any atom is -0.350 e. The highest BCUT2D eigenvalue weighted by atomic mass is 35.5. The van der Waals surface area contributed by atoms with Gasteiger partial charge >= 0.3 is 0 Å². The van der Waals surface area contributed by atoms with Gasteiger partial charge in [0.15, 0.2) is 0 Å². The number of halogens is 1. The van der Waals surface area contributed by atoms with Crippen LogP contribution in [0, 0.1) is 0 Å². The average Bonchev–Trinajstić information content (AvgIpc) is 2.41. The van der Waals surface area contributed by atoms with Gasteiger partial charge in [0, 0.05) is 23.5 Å². The van der Waals surface area contributed by atoms with Gasteiger partial charge in [0.25, 0.3) is 0 Å². The molecule has 0 saturated carbocycles. The molecule has 0 unspecified atom stereocenters. The Labute approximate surface area is 137 Å². The molecule has 0 aliphatic heterocycles. The maximum Gasteiger partial charge on any atom is 0.240 e. The van der Waals surface area contributed by atoms with E-state index in [0.29, 0.717) is 24.4 Å². The van der Waals surface area contributed by atoms with Crippen molar-refractivity contribution >= 4 is 23.4 Å². The number of carbonyl (C=O) groups is 2. The molecule has 0 bridgehead atoms. The van der Waals surface area contributed by atoms with Crippen LogP contribution in [0.5, 0.6) is 0 Å². The SMILES string of the molecule is CCN(CC(=O)NC(C)(C)C)C(=O)CCc1ccccc1Cl. The number of hydrogen-bond donors (Lipinski definition) is 1. The summed E-state index contributed by atoms with van der Waals surface area (Å²) in [5, 5.41) is 3.54. The number of rotatable bonds is 6. The zero-order valence-corrected chi connectivity index (χ0v) is 14.5. The van der Waals surface area contributed by atoms with Gasteiger partial charge in [0.1, 0.15) is 0 Å². The Morgan fingerprint density at radius 2 is 1.86 bits per heavy atom. The van der Waals surface area contributed by atoms with Crippen LogP contribution in [0.2, 0.25) is 5.02 Å². The molecule has 0 aliphatic carbocycles. The van der Waals surface area contributed by atoms with E-state index in [-0.39, 0.29) is 23.9 Å². The lowest BCUT2D eigenvalue weighted by Crippen LogP contribution is -2.47. The Balaban J connectivity index is 2.54. The van der Waals surface area contributed by atoms with E-state index < -0.39 is 0 Å². The summed E-state index contributed by atoms with van der Waals surface area (Å²) in [6.45, 7) is 8.23. The van der Waals surface area contributed by atoms with Crippen molar-refractivity contribution in [2.75, 3.05) is 13.1 Å². The predicted molar refractivity (Wildman–Crippen MR) is 89.9 cm³/mol. The van der Waals surface area contributed by atoms with Crippen LogP contribution < -0.4 is 5.32 Å². The first-order valence-corrected chi connectivity index (χ1v) is 7.93. The van der Waals surface area contributed by atoms with E-state index in [0.717, 1.165) is 5.56 Å². The molecule has 0 saturated heterocycles. The highest BCUT2D eigenvalue weighted by molar-refractivity contribution is 6.31. The lowest BCUT2D eigenvalue weighted by atomic mass is 10.1. The number of hydrogen-bond acceptors (Lipinski definition) is 2. The lowest BCUT2D eigenvalue weighted by molar-refractivity contribution is -0.136. The predicted octanol–water partition coefficient (Wildman–Crippen LogP) is 3.04. The molecule has 0 radical (unpaired) electrons. The molecule has 0 aromatic heterocycles. The molecule has 0 aliphatic rings. The molecule has 4 nitrogen and oxygen atoms in total. The molecule has 0 atom stereocenters. The van der Waals surface area contributed by atoms with Gasteiger partial charge in [-0.05, 0) is 45.7 Å². The molecular weight excluding hydrogens is 300 g/mol. The summed E-state index contributed by atoms with van der Waals surface area (Å²) in [7, 11) is 0. The highest BCUT2D eigenvalue weighted by Gasteiger charge is 2.19. The van der Waals surface area contributed by atoms with E-state index >= 15 is 0 Å². The Morgan fingerprint density at radius 3 is 2.41 bits per heavy atom. The van der Waals surface area contributed by atoms with E-state index in [1.165, 1.54) is 0 Å². The average molecular weight is 325 g/mol. The largest absolute Gasteiger partial charge is 0.350 e. The van der Waals surface area contributed by atoms with Crippen molar-refractivity contribution in [2.24, 2.45) is 0 Å². The first-order valence-electron chi connectivity index (χ1n) is 7.55. The van der Waals surface area contributed by atoms with Crippen molar-refractivity contribution in [3.05, 3.63) is 34.9 Å². The van der Waals surface area contributed by atoms with Crippen molar-refractivity contribution < 1.29 is 9.59 Å². The number of amides is 2. The van der Waals surface area contributed by atoms with Gasteiger partial charge in [-0.2, -0.15) is 0 Å². The zero-order chi connectivity index (χ0) is 16.8. The lowest BCUT2D eigenvalue weighted by Gasteiger charge is -2.25. The maximum atomic E-state index is 12.3. The summed E-state index contributed by atoms with van der Waals surface area (Å²) in [6.07, 6.45) is 0.927. The van der Waals surface area contributed by atoms with Crippen molar-refractivity contribution in [1.82, 2.24) is 10.2 Å².